The fraction of sp³-hybridized carbons (Fsp3) is 0. The predicted molar refractivity (Wildman–Crippen MR) is 78.3 cm³/mol. The van der Waals surface area contributed by atoms with Gasteiger partial charge in [0.2, 0.25) is 0 Å². The minimum absolute atomic E-state index is 1.03. The first-order chi connectivity index (χ1) is 7.75. The summed E-state index contributed by atoms with van der Waals surface area (Å²) in [7, 11) is 0. The van der Waals surface area contributed by atoms with Crippen molar-refractivity contribution in [1.82, 2.24) is 4.98 Å². The summed E-state index contributed by atoms with van der Waals surface area (Å²) >= 11 is 10.5. The number of hydrogen-bond acceptors (Lipinski definition) is 3. The average molecular weight is 375 g/mol. The molecule has 3 rings (SSSR count). The Morgan fingerprint density at radius 3 is 2.56 bits per heavy atom. The van der Waals surface area contributed by atoms with Crippen LogP contribution in [-0.2, 0) is 0 Å². The molecule has 0 saturated carbocycles. The Bertz CT molecular complexity index is 604. The van der Waals surface area contributed by atoms with E-state index in [4.69, 9.17) is 0 Å². The van der Waals surface area contributed by atoms with Gasteiger partial charge < -0.3 is 0 Å². The first-order valence-corrected chi connectivity index (χ1v) is 7.82. The van der Waals surface area contributed by atoms with Crippen LogP contribution in [0.2, 0.25) is 0 Å². The second kappa shape index (κ2) is 4.22. The van der Waals surface area contributed by atoms with E-state index in [9.17, 15) is 0 Å². The molecule has 1 aromatic carbocycles. The van der Waals surface area contributed by atoms with Crippen LogP contribution in [0.15, 0.2) is 38.6 Å². The maximum absolute atomic E-state index is 4.67. The number of benzene rings is 1. The molecule has 5 heteroatoms. The van der Waals surface area contributed by atoms with Crippen LogP contribution in [0.1, 0.15) is 0 Å². The maximum Gasteiger partial charge on any atom is 0.134 e. The van der Waals surface area contributed by atoms with Crippen LogP contribution >= 0.6 is 54.5 Å². The quantitative estimate of drug-likeness (QED) is 0.544. The smallest absolute Gasteiger partial charge is 0.134 e. The van der Waals surface area contributed by atoms with E-state index in [1.165, 1.54) is 9.58 Å². The van der Waals surface area contributed by atoms with E-state index < -0.39 is 0 Å². The van der Waals surface area contributed by atoms with Crippen LogP contribution in [0.5, 0.6) is 0 Å². The lowest BCUT2D eigenvalue weighted by atomic mass is 10.3. The summed E-state index contributed by atoms with van der Waals surface area (Å²) < 4.78 is 3.34. The summed E-state index contributed by atoms with van der Waals surface area (Å²) in [6, 6.07) is 8.22. The van der Waals surface area contributed by atoms with Crippen molar-refractivity contribution in [2.45, 2.75) is 0 Å². The summed E-state index contributed by atoms with van der Waals surface area (Å²) in [5, 5.41) is 3.16. The van der Waals surface area contributed by atoms with Gasteiger partial charge in [0.1, 0.15) is 5.01 Å². The zero-order valence-electron chi connectivity index (χ0n) is 7.91. The molecule has 0 spiro atoms. The fourth-order valence-corrected chi connectivity index (χ4v) is 4.36. The summed E-state index contributed by atoms with van der Waals surface area (Å²) in [4.78, 5) is 5.89. The van der Waals surface area contributed by atoms with E-state index >= 15 is 0 Å². The minimum Gasteiger partial charge on any atom is -0.234 e. The molecular weight excluding hydrogens is 370 g/mol. The Hall–Kier alpha value is -0.230. The number of rotatable bonds is 1. The van der Waals surface area contributed by atoms with Crippen molar-refractivity contribution in [3.05, 3.63) is 38.6 Å². The zero-order chi connectivity index (χ0) is 11.1. The van der Waals surface area contributed by atoms with E-state index in [1.807, 2.05) is 12.1 Å². The monoisotopic (exact) mass is 373 g/mol. The van der Waals surface area contributed by atoms with Crippen LogP contribution in [0.3, 0.4) is 0 Å². The fourth-order valence-electron chi connectivity index (χ4n) is 1.45. The molecule has 3 aromatic rings. The van der Waals surface area contributed by atoms with Crippen molar-refractivity contribution < 1.29 is 0 Å². The molecule has 0 bridgehead atoms. The average Bonchev–Trinajstić information content (AvgIpc) is 2.90. The second-order valence-corrected chi connectivity index (χ2v) is 6.86. The van der Waals surface area contributed by atoms with E-state index in [-0.39, 0.29) is 0 Å². The van der Waals surface area contributed by atoms with Gasteiger partial charge >= 0.3 is 0 Å². The molecule has 0 fully saturated rings. The van der Waals surface area contributed by atoms with Gasteiger partial charge in [0.25, 0.3) is 0 Å². The lowest BCUT2D eigenvalue weighted by Crippen LogP contribution is -1.72. The number of thiophene rings is 1. The highest BCUT2D eigenvalue weighted by atomic mass is 79.9. The summed E-state index contributed by atoms with van der Waals surface area (Å²) in [6.45, 7) is 0. The Labute approximate surface area is 117 Å². The van der Waals surface area contributed by atoms with Crippen molar-refractivity contribution in [1.29, 1.82) is 0 Å². The van der Waals surface area contributed by atoms with Gasteiger partial charge in [-0.1, -0.05) is 6.07 Å². The zero-order valence-corrected chi connectivity index (χ0v) is 12.7. The van der Waals surface area contributed by atoms with Crippen molar-refractivity contribution in [3.63, 3.8) is 0 Å². The molecule has 0 radical (unpaired) electrons. The molecule has 0 N–H and O–H groups in total. The summed E-state index contributed by atoms with van der Waals surface area (Å²) in [5.41, 5.74) is 1.03. The molecule has 1 nitrogen and oxygen atoms in total. The Morgan fingerprint density at radius 2 is 1.88 bits per heavy atom. The van der Waals surface area contributed by atoms with Crippen molar-refractivity contribution in [2.75, 3.05) is 0 Å². The van der Waals surface area contributed by atoms with Crippen LogP contribution < -0.4 is 0 Å². The predicted octanol–water partition coefficient (Wildman–Crippen LogP) is 5.55. The molecule has 0 unspecified atom stereocenters. The van der Waals surface area contributed by atoms with Crippen LogP contribution in [0, 0.1) is 0 Å². The third-order valence-corrected chi connectivity index (χ3v) is 5.87. The maximum atomic E-state index is 4.67. The third kappa shape index (κ3) is 1.76. The molecule has 0 aliphatic heterocycles. The van der Waals surface area contributed by atoms with Gasteiger partial charge in [-0.25, -0.2) is 4.98 Å². The second-order valence-electron chi connectivity index (χ2n) is 3.20. The summed E-state index contributed by atoms with van der Waals surface area (Å²) in [6.07, 6.45) is 0. The van der Waals surface area contributed by atoms with Crippen LogP contribution in [0.4, 0.5) is 0 Å². The normalized spacial score (nSPS) is 11.1. The number of halogens is 2. The van der Waals surface area contributed by atoms with Gasteiger partial charge in [0, 0.05) is 8.95 Å². The van der Waals surface area contributed by atoms with Gasteiger partial charge in [0.15, 0.2) is 0 Å². The topological polar surface area (TPSA) is 12.9 Å². The van der Waals surface area contributed by atoms with Gasteiger partial charge in [-0.2, -0.15) is 0 Å². The summed E-state index contributed by atoms with van der Waals surface area (Å²) in [5.74, 6) is 0. The molecule has 0 aliphatic rings. The molecule has 80 valence electrons. The molecule has 2 heterocycles. The van der Waals surface area contributed by atoms with Crippen LogP contribution in [-0.4, -0.2) is 4.98 Å². The van der Waals surface area contributed by atoms with E-state index in [1.54, 1.807) is 22.7 Å². The standard InChI is InChI=1S/C11H5Br2NS2/c12-6-3-4-7(13)10-9(6)14-11(16-10)8-2-1-5-15-8/h1-5H. The SMILES string of the molecule is Brc1ccc(Br)c2sc(-c3cccs3)nc12. The molecule has 0 amide bonds. The minimum atomic E-state index is 1.03. The molecule has 0 saturated heterocycles. The van der Waals surface area contributed by atoms with Gasteiger partial charge in [0.05, 0.1) is 15.1 Å². The highest BCUT2D eigenvalue weighted by Gasteiger charge is 2.11. The van der Waals surface area contributed by atoms with Crippen LogP contribution in [0.25, 0.3) is 20.1 Å². The number of hydrogen-bond donors (Lipinski definition) is 0. The van der Waals surface area contributed by atoms with Crippen molar-refractivity contribution in [3.8, 4) is 9.88 Å². The Morgan fingerprint density at radius 1 is 1.06 bits per heavy atom. The van der Waals surface area contributed by atoms with E-state index in [2.05, 4.69) is 54.4 Å². The highest BCUT2D eigenvalue weighted by molar-refractivity contribution is 9.11. The van der Waals surface area contributed by atoms with Crippen molar-refractivity contribution >= 4 is 64.8 Å². The first kappa shape index (κ1) is 10.9. The largest absolute Gasteiger partial charge is 0.234 e. The Balaban J connectivity index is 2.31. The molecule has 2 aromatic heterocycles. The third-order valence-electron chi connectivity index (χ3n) is 2.18. The molecule has 0 atom stereocenters. The van der Waals surface area contributed by atoms with Gasteiger partial charge in [-0.3, -0.25) is 0 Å². The lowest BCUT2D eigenvalue weighted by molar-refractivity contribution is 1.48. The first-order valence-electron chi connectivity index (χ1n) is 4.54. The van der Waals surface area contributed by atoms with E-state index in [0.717, 1.165) is 19.5 Å². The molecule has 0 aliphatic carbocycles. The number of thiazole rings is 1. The Kier molecular flexibility index (Phi) is 2.87. The molecular formula is C11H5Br2NS2. The molecule has 16 heavy (non-hydrogen) atoms. The number of nitrogens with zero attached hydrogens (tertiary/aromatic N) is 1. The lowest BCUT2D eigenvalue weighted by Gasteiger charge is -1.93. The van der Waals surface area contributed by atoms with Gasteiger partial charge in [-0.05, 0) is 55.4 Å². The van der Waals surface area contributed by atoms with Crippen molar-refractivity contribution in [2.24, 2.45) is 0 Å². The highest BCUT2D eigenvalue weighted by Crippen LogP contribution is 2.39. The number of aromatic nitrogens is 1. The van der Waals surface area contributed by atoms with Gasteiger partial charge in [-0.15, -0.1) is 22.7 Å². The van der Waals surface area contributed by atoms with E-state index in [0.29, 0.717) is 0 Å². The number of fused-ring (bicyclic) bond motifs is 1.